The minimum atomic E-state index is -0.221. The van der Waals surface area contributed by atoms with E-state index in [1.54, 1.807) is 12.1 Å². The Balaban J connectivity index is 1.91. The van der Waals surface area contributed by atoms with E-state index in [-0.39, 0.29) is 17.6 Å². The molecule has 1 aliphatic heterocycles. The average molecular weight is 278 g/mol. The molecule has 1 N–H and O–H groups in total. The number of nitrogens with zero attached hydrogens (tertiary/aromatic N) is 1. The summed E-state index contributed by atoms with van der Waals surface area (Å²) in [5.41, 5.74) is 0.624. The number of hydrogen-bond acceptors (Lipinski definition) is 2. The van der Waals surface area contributed by atoms with Gasteiger partial charge in [0.1, 0.15) is 5.82 Å². The monoisotopic (exact) mass is 278 g/mol. The van der Waals surface area contributed by atoms with Crippen LogP contribution in [0.1, 0.15) is 18.9 Å². The summed E-state index contributed by atoms with van der Waals surface area (Å²) in [7, 11) is 1.94. The summed E-state index contributed by atoms with van der Waals surface area (Å²) in [6.07, 6.45) is 1.53. The zero-order valence-electron chi connectivity index (χ0n) is 12.2. The Bertz CT molecular complexity index is 464. The van der Waals surface area contributed by atoms with Crippen molar-refractivity contribution in [2.75, 3.05) is 26.7 Å². The van der Waals surface area contributed by atoms with E-state index in [1.165, 1.54) is 6.07 Å². The molecule has 0 bridgehead atoms. The smallest absolute Gasteiger partial charge is 0.225 e. The molecule has 1 aromatic rings. The van der Waals surface area contributed by atoms with Crippen LogP contribution in [0.25, 0.3) is 0 Å². The Morgan fingerprint density at radius 1 is 1.50 bits per heavy atom. The standard InChI is InChI=1S/C16H23FN2O/c1-12(9-14-5-3-4-6-15(14)17)16(20)19-8-7-13(11-19)10-18-2/h3-6,12-13,18H,7-11H2,1-2H3/t12-,13-/m0/s1. The third kappa shape index (κ3) is 3.57. The van der Waals surface area contributed by atoms with Gasteiger partial charge in [-0.3, -0.25) is 4.79 Å². The van der Waals surface area contributed by atoms with E-state index < -0.39 is 0 Å². The molecular weight excluding hydrogens is 255 g/mol. The maximum atomic E-state index is 13.6. The summed E-state index contributed by atoms with van der Waals surface area (Å²) in [6, 6.07) is 6.70. The molecule has 0 radical (unpaired) electrons. The summed E-state index contributed by atoms with van der Waals surface area (Å²) < 4.78 is 13.6. The normalized spacial score (nSPS) is 20.1. The highest BCUT2D eigenvalue weighted by Crippen LogP contribution is 2.20. The lowest BCUT2D eigenvalue weighted by Crippen LogP contribution is -2.35. The van der Waals surface area contributed by atoms with Crippen molar-refractivity contribution in [3.05, 3.63) is 35.6 Å². The van der Waals surface area contributed by atoms with Crippen LogP contribution >= 0.6 is 0 Å². The second-order valence-electron chi connectivity index (χ2n) is 5.69. The molecule has 1 amide bonds. The van der Waals surface area contributed by atoms with E-state index in [4.69, 9.17) is 0 Å². The number of nitrogens with one attached hydrogen (secondary N) is 1. The Morgan fingerprint density at radius 3 is 2.95 bits per heavy atom. The minimum Gasteiger partial charge on any atom is -0.342 e. The maximum Gasteiger partial charge on any atom is 0.225 e. The van der Waals surface area contributed by atoms with E-state index in [0.29, 0.717) is 17.9 Å². The molecular formula is C16H23FN2O. The molecule has 1 aliphatic rings. The number of carbonyl (C=O) groups excluding carboxylic acids is 1. The number of halogens is 1. The molecule has 0 aliphatic carbocycles. The highest BCUT2D eigenvalue weighted by atomic mass is 19.1. The van der Waals surface area contributed by atoms with Gasteiger partial charge in [-0.05, 0) is 44.0 Å². The van der Waals surface area contributed by atoms with Crippen LogP contribution in [-0.2, 0) is 11.2 Å². The molecule has 0 unspecified atom stereocenters. The molecule has 1 fully saturated rings. The molecule has 3 nitrogen and oxygen atoms in total. The van der Waals surface area contributed by atoms with Crippen molar-refractivity contribution in [3.8, 4) is 0 Å². The Hall–Kier alpha value is -1.42. The predicted octanol–water partition coefficient (Wildman–Crippen LogP) is 2.07. The van der Waals surface area contributed by atoms with Crippen LogP contribution in [0.2, 0.25) is 0 Å². The number of carbonyl (C=O) groups is 1. The van der Waals surface area contributed by atoms with Gasteiger partial charge in [0.2, 0.25) is 5.91 Å². The van der Waals surface area contributed by atoms with E-state index in [9.17, 15) is 9.18 Å². The first-order valence-corrected chi connectivity index (χ1v) is 7.28. The molecule has 1 saturated heterocycles. The van der Waals surface area contributed by atoms with Crippen molar-refractivity contribution in [2.45, 2.75) is 19.8 Å². The first kappa shape index (κ1) is 15.0. The van der Waals surface area contributed by atoms with E-state index in [2.05, 4.69) is 5.32 Å². The van der Waals surface area contributed by atoms with Gasteiger partial charge in [-0.25, -0.2) is 4.39 Å². The van der Waals surface area contributed by atoms with Crippen molar-refractivity contribution in [1.82, 2.24) is 10.2 Å². The molecule has 0 spiro atoms. The van der Waals surface area contributed by atoms with Gasteiger partial charge < -0.3 is 10.2 Å². The van der Waals surface area contributed by atoms with Gasteiger partial charge in [-0.1, -0.05) is 25.1 Å². The van der Waals surface area contributed by atoms with Crippen LogP contribution in [0.5, 0.6) is 0 Å². The van der Waals surface area contributed by atoms with Gasteiger partial charge in [0.05, 0.1) is 0 Å². The summed E-state index contributed by atoms with van der Waals surface area (Å²) in [6.45, 7) is 4.49. The fourth-order valence-corrected chi connectivity index (χ4v) is 2.88. The largest absolute Gasteiger partial charge is 0.342 e. The number of amides is 1. The van der Waals surface area contributed by atoms with Gasteiger partial charge in [0.15, 0.2) is 0 Å². The molecule has 4 heteroatoms. The molecule has 1 aromatic carbocycles. The SMILES string of the molecule is CNC[C@@H]1CCN(C(=O)[C@@H](C)Cc2ccccc2F)C1. The van der Waals surface area contributed by atoms with Crippen molar-refractivity contribution in [2.24, 2.45) is 11.8 Å². The first-order chi connectivity index (χ1) is 9.61. The summed E-state index contributed by atoms with van der Waals surface area (Å²) in [4.78, 5) is 14.3. The van der Waals surface area contributed by atoms with E-state index in [0.717, 1.165) is 26.1 Å². The third-order valence-corrected chi connectivity index (χ3v) is 4.00. The fourth-order valence-electron chi connectivity index (χ4n) is 2.88. The van der Waals surface area contributed by atoms with Crippen LogP contribution in [0.3, 0.4) is 0 Å². The summed E-state index contributed by atoms with van der Waals surface area (Å²) >= 11 is 0. The molecule has 1 heterocycles. The van der Waals surface area contributed by atoms with Crippen LogP contribution in [0.15, 0.2) is 24.3 Å². The quantitative estimate of drug-likeness (QED) is 0.894. The number of likely N-dealkylation sites (tertiary alicyclic amines) is 1. The lowest BCUT2D eigenvalue weighted by molar-refractivity contribution is -0.134. The Morgan fingerprint density at radius 2 is 2.25 bits per heavy atom. The van der Waals surface area contributed by atoms with Crippen LogP contribution < -0.4 is 5.32 Å². The number of benzene rings is 1. The zero-order chi connectivity index (χ0) is 14.5. The minimum absolute atomic E-state index is 0.145. The Labute approximate surface area is 120 Å². The van der Waals surface area contributed by atoms with Crippen LogP contribution in [-0.4, -0.2) is 37.5 Å². The summed E-state index contributed by atoms with van der Waals surface area (Å²) in [5, 5.41) is 3.16. The van der Waals surface area contributed by atoms with Crippen molar-refractivity contribution in [3.63, 3.8) is 0 Å². The summed E-state index contributed by atoms with van der Waals surface area (Å²) in [5.74, 6) is 0.304. The topological polar surface area (TPSA) is 32.3 Å². The van der Waals surface area contributed by atoms with Gasteiger partial charge in [-0.15, -0.1) is 0 Å². The average Bonchev–Trinajstić information content (AvgIpc) is 2.89. The van der Waals surface area contributed by atoms with Gasteiger partial charge in [0, 0.05) is 19.0 Å². The second-order valence-corrected chi connectivity index (χ2v) is 5.69. The van der Waals surface area contributed by atoms with Gasteiger partial charge >= 0.3 is 0 Å². The third-order valence-electron chi connectivity index (χ3n) is 4.00. The van der Waals surface area contributed by atoms with E-state index in [1.807, 2.05) is 24.9 Å². The molecule has 2 atom stereocenters. The number of rotatable bonds is 5. The van der Waals surface area contributed by atoms with Crippen molar-refractivity contribution >= 4 is 5.91 Å². The highest BCUT2D eigenvalue weighted by Gasteiger charge is 2.28. The molecule has 20 heavy (non-hydrogen) atoms. The van der Waals surface area contributed by atoms with Crippen molar-refractivity contribution in [1.29, 1.82) is 0 Å². The second kappa shape index (κ2) is 6.84. The van der Waals surface area contributed by atoms with Gasteiger partial charge in [-0.2, -0.15) is 0 Å². The molecule has 0 saturated carbocycles. The lowest BCUT2D eigenvalue weighted by Gasteiger charge is -2.21. The number of hydrogen-bond donors (Lipinski definition) is 1. The molecule has 110 valence electrons. The molecule has 2 rings (SSSR count). The van der Waals surface area contributed by atoms with Crippen molar-refractivity contribution < 1.29 is 9.18 Å². The fraction of sp³-hybridized carbons (Fsp3) is 0.562. The lowest BCUT2D eigenvalue weighted by atomic mass is 9.99. The van der Waals surface area contributed by atoms with Crippen LogP contribution in [0.4, 0.5) is 4.39 Å². The molecule has 0 aromatic heterocycles. The van der Waals surface area contributed by atoms with E-state index >= 15 is 0 Å². The van der Waals surface area contributed by atoms with Gasteiger partial charge in [0.25, 0.3) is 0 Å². The first-order valence-electron chi connectivity index (χ1n) is 7.28. The predicted molar refractivity (Wildman–Crippen MR) is 77.9 cm³/mol. The maximum absolute atomic E-state index is 13.6. The Kier molecular flexibility index (Phi) is 5.12. The van der Waals surface area contributed by atoms with Crippen LogP contribution in [0, 0.1) is 17.7 Å². The zero-order valence-corrected chi connectivity index (χ0v) is 12.2. The highest BCUT2D eigenvalue weighted by molar-refractivity contribution is 5.79.